The van der Waals surface area contributed by atoms with Crippen LogP contribution >= 0.6 is 0 Å². The van der Waals surface area contributed by atoms with Gasteiger partial charge in [-0.1, -0.05) is 6.92 Å². The van der Waals surface area contributed by atoms with Crippen LogP contribution in [0, 0.1) is 15.9 Å². The Morgan fingerprint density at radius 2 is 2.14 bits per heavy atom. The summed E-state index contributed by atoms with van der Waals surface area (Å²) in [6, 6.07) is 0.858. The van der Waals surface area contributed by atoms with Crippen LogP contribution in [0.3, 0.4) is 0 Å². The van der Waals surface area contributed by atoms with E-state index in [1.54, 1.807) is 13.8 Å². The van der Waals surface area contributed by atoms with Crippen LogP contribution in [-0.4, -0.2) is 37.8 Å². The normalized spacial score (nSPS) is 10.4. The minimum absolute atomic E-state index is 0.00685. The van der Waals surface area contributed by atoms with E-state index in [9.17, 15) is 19.3 Å². The summed E-state index contributed by atoms with van der Waals surface area (Å²) in [5, 5.41) is 13.9. The summed E-state index contributed by atoms with van der Waals surface area (Å²) >= 11 is 0. The Morgan fingerprint density at radius 3 is 2.64 bits per heavy atom. The first-order valence-electron chi connectivity index (χ1n) is 6.87. The number of nitro groups is 1. The third-order valence-corrected chi connectivity index (χ3v) is 3.00. The molecule has 0 bridgehead atoms. The highest BCUT2D eigenvalue weighted by Gasteiger charge is 2.28. The largest absolute Gasteiger partial charge is 0.462 e. The second-order valence-electron chi connectivity index (χ2n) is 4.36. The van der Waals surface area contributed by atoms with Crippen molar-refractivity contribution in [3.63, 3.8) is 0 Å². The smallest absolute Gasteiger partial charge is 0.338 e. The molecule has 0 spiro atoms. The number of rotatable bonds is 8. The Balaban J connectivity index is 3.43. The van der Waals surface area contributed by atoms with Gasteiger partial charge in [0.15, 0.2) is 0 Å². The first kappa shape index (κ1) is 17.8. The van der Waals surface area contributed by atoms with E-state index in [1.807, 2.05) is 0 Å². The van der Waals surface area contributed by atoms with Crippen molar-refractivity contribution < 1.29 is 23.6 Å². The van der Waals surface area contributed by atoms with Crippen LogP contribution in [0.4, 0.5) is 15.8 Å². The molecule has 1 rings (SSSR count). The van der Waals surface area contributed by atoms with Crippen LogP contribution in [0.5, 0.6) is 0 Å². The standard InChI is InChI=1S/C14H19FN2O5/c1-4-9-10(14(18)22-5-2)8-11(15)13(17(19)20)12(9)16-6-7-21-3/h8,16H,4-7H2,1-3H3. The summed E-state index contributed by atoms with van der Waals surface area (Å²) < 4.78 is 23.8. The molecule has 1 N–H and O–H groups in total. The number of methoxy groups -OCH3 is 1. The number of nitrogens with one attached hydrogen (secondary N) is 1. The lowest BCUT2D eigenvalue weighted by Gasteiger charge is -2.15. The molecule has 1 aromatic rings. The number of carbonyl (C=O) groups is 1. The number of hydrogen-bond donors (Lipinski definition) is 1. The Labute approximate surface area is 127 Å². The molecule has 1 aromatic carbocycles. The number of nitro benzene ring substituents is 1. The van der Waals surface area contributed by atoms with Crippen LogP contribution in [-0.2, 0) is 15.9 Å². The molecule has 0 atom stereocenters. The van der Waals surface area contributed by atoms with E-state index in [0.717, 1.165) is 6.07 Å². The van der Waals surface area contributed by atoms with Crippen molar-refractivity contribution in [3.05, 3.63) is 33.1 Å². The molecule has 0 radical (unpaired) electrons. The quantitative estimate of drug-likeness (QED) is 0.343. The Bertz CT molecular complexity index is 563. The fourth-order valence-electron chi connectivity index (χ4n) is 2.08. The lowest BCUT2D eigenvalue weighted by molar-refractivity contribution is -0.386. The van der Waals surface area contributed by atoms with Crippen LogP contribution in [0.2, 0.25) is 0 Å². The van der Waals surface area contributed by atoms with Gasteiger partial charge in [0, 0.05) is 13.7 Å². The van der Waals surface area contributed by atoms with Crippen LogP contribution in [0.15, 0.2) is 6.07 Å². The summed E-state index contributed by atoms with van der Waals surface area (Å²) in [6.45, 7) is 4.01. The van der Waals surface area contributed by atoms with E-state index >= 15 is 0 Å². The molecule has 0 saturated carbocycles. The first-order chi connectivity index (χ1) is 10.5. The Hall–Kier alpha value is -2.22. The molecule has 0 amide bonds. The van der Waals surface area contributed by atoms with E-state index in [4.69, 9.17) is 9.47 Å². The maximum absolute atomic E-state index is 14.1. The Kier molecular flexibility index (Phi) is 6.71. The van der Waals surface area contributed by atoms with Gasteiger partial charge in [0.05, 0.1) is 23.7 Å². The van der Waals surface area contributed by atoms with E-state index in [1.165, 1.54) is 7.11 Å². The molecule has 22 heavy (non-hydrogen) atoms. The molecule has 0 saturated heterocycles. The summed E-state index contributed by atoms with van der Waals surface area (Å²) in [4.78, 5) is 22.3. The molecule has 0 unspecified atom stereocenters. The molecule has 0 aromatic heterocycles. The maximum atomic E-state index is 14.1. The molecule has 7 nitrogen and oxygen atoms in total. The second kappa shape index (κ2) is 8.28. The van der Waals surface area contributed by atoms with Crippen molar-refractivity contribution in [2.24, 2.45) is 0 Å². The zero-order valence-electron chi connectivity index (χ0n) is 12.8. The van der Waals surface area contributed by atoms with E-state index < -0.39 is 22.4 Å². The molecule has 8 heteroatoms. The number of benzene rings is 1. The minimum atomic E-state index is -1.08. The minimum Gasteiger partial charge on any atom is -0.462 e. The molecule has 122 valence electrons. The van der Waals surface area contributed by atoms with Crippen LogP contribution < -0.4 is 5.32 Å². The van der Waals surface area contributed by atoms with Crippen molar-refractivity contribution in [1.82, 2.24) is 0 Å². The van der Waals surface area contributed by atoms with Gasteiger partial charge in [-0.15, -0.1) is 0 Å². The monoisotopic (exact) mass is 314 g/mol. The Morgan fingerprint density at radius 1 is 1.45 bits per heavy atom. The second-order valence-corrected chi connectivity index (χ2v) is 4.36. The topological polar surface area (TPSA) is 90.7 Å². The zero-order valence-corrected chi connectivity index (χ0v) is 12.8. The van der Waals surface area contributed by atoms with Crippen molar-refractivity contribution in [2.45, 2.75) is 20.3 Å². The number of hydrogen-bond acceptors (Lipinski definition) is 6. The molecule has 0 fully saturated rings. The van der Waals surface area contributed by atoms with Crippen molar-refractivity contribution in [2.75, 3.05) is 32.2 Å². The number of nitrogens with zero attached hydrogens (tertiary/aromatic N) is 1. The number of anilines is 1. The van der Waals surface area contributed by atoms with Gasteiger partial charge in [-0.2, -0.15) is 4.39 Å². The highest BCUT2D eigenvalue weighted by molar-refractivity contribution is 5.94. The molecular weight excluding hydrogens is 295 g/mol. The van der Waals surface area contributed by atoms with Crippen molar-refractivity contribution in [3.8, 4) is 0 Å². The summed E-state index contributed by atoms with van der Waals surface area (Å²) in [5.41, 5.74) is -0.344. The van der Waals surface area contributed by atoms with Crippen LogP contribution in [0.1, 0.15) is 29.8 Å². The average molecular weight is 314 g/mol. The lowest BCUT2D eigenvalue weighted by Crippen LogP contribution is -2.16. The number of carbonyl (C=O) groups excluding carboxylic acids is 1. The summed E-state index contributed by atoms with van der Waals surface area (Å²) in [5.74, 6) is -1.78. The molecule has 0 aliphatic heterocycles. The zero-order chi connectivity index (χ0) is 16.7. The maximum Gasteiger partial charge on any atom is 0.338 e. The summed E-state index contributed by atoms with van der Waals surface area (Å²) in [6.07, 6.45) is 0.310. The third-order valence-electron chi connectivity index (χ3n) is 3.00. The third kappa shape index (κ3) is 3.91. The van der Waals surface area contributed by atoms with Gasteiger partial charge in [0.25, 0.3) is 0 Å². The van der Waals surface area contributed by atoms with Gasteiger partial charge in [0.2, 0.25) is 5.82 Å². The first-order valence-corrected chi connectivity index (χ1v) is 6.87. The predicted molar refractivity (Wildman–Crippen MR) is 78.8 cm³/mol. The van der Waals surface area contributed by atoms with Gasteiger partial charge in [-0.05, 0) is 25.0 Å². The van der Waals surface area contributed by atoms with Gasteiger partial charge >= 0.3 is 11.7 Å². The van der Waals surface area contributed by atoms with E-state index in [0.29, 0.717) is 12.0 Å². The molecular formula is C14H19FN2O5. The average Bonchev–Trinajstić information content (AvgIpc) is 2.46. The van der Waals surface area contributed by atoms with Crippen LogP contribution in [0.25, 0.3) is 0 Å². The highest BCUT2D eigenvalue weighted by Crippen LogP contribution is 2.34. The highest BCUT2D eigenvalue weighted by atomic mass is 19.1. The van der Waals surface area contributed by atoms with Crippen molar-refractivity contribution >= 4 is 17.3 Å². The van der Waals surface area contributed by atoms with E-state index in [2.05, 4.69) is 5.32 Å². The SMILES string of the molecule is CCOC(=O)c1cc(F)c([N+](=O)[O-])c(NCCOC)c1CC. The van der Waals surface area contributed by atoms with Crippen molar-refractivity contribution in [1.29, 1.82) is 0 Å². The fraction of sp³-hybridized carbons (Fsp3) is 0.500. The predicted octanol–water partition coefficient (Wildman–Crippen LogP) is 2.53. The number of halogens is 1. The lowest BCUT2D eigenvalue weighted by atomic mass is 10.0. The number of esters is 1. The molecule has 0 heterocycles. The molecule has 0 aliphatic rings. The number of ether oxygens (including phenoxy) is 2. The van der Waals surface area contributed by atoms with Gasteiger partial charge in [0.1, 0.15) is 5.69 Å². The van der Waals surface area contributed by atoms with Gasteiger partial charge in [-0.3, -0.25) is 10.1 Å². The van der Waals surface area contributed by atoms with E-state index in [-0.39, 0.29) is 31.0 Å². The molecule has 0 aliphatic carbocycles. The van der Waals surface area contributed by atoms with Gasteiger partial charge in [-0.25, -0.2) is 4.79 Å². The fourth-order valence-corrected chi connectivity index (χ4v) is 2.08. The van der Waals surface area contributed by atoms with Gasteiger partial charge < -0.3 is 14.8 Å². The summed E-state index contributed by atoms with van der Waals surface area (Å²) in [7, 11) is 1.48.